The van der Waals surface area contributed by atoms with Crippen LogP contribution in [-0.2, 0) is 11.3 Å². The molecule has 2 N–H and O–H groups in total. The molecule has 1 aliphatic rings. The number of carbonyl (C=O) groups excluding carboxylic acids is 2. The number of hydrogen-bond acceptors (Lipinski definition) is 5. The molecule has 3 rings (SSSR count). The second-order valence-corrected chi connectivity index (χ2v) is 6.03. The lowest BCUT2D eigenvalue weighted by Gasteiger charge is -2.09. The van der Waals surface area contributed by atoms with Crippen molar-refractivity contribution in [2.24, 2.45) is 0 Å². The van der Waals surface area contributed by atoms with E-state index in [0.717, 1.165) is 5.56 Å². The lowest BCUT2D eigenvalue weighted by Crippen LogP contribution is -2.41. The summed E-state index contributed by atoms with van der Waals surface area (Å²) in [5.74, 6) is 0.240. The van der Waals surface area contributed by atoms with Crippen LogP contribution in [0.3, 0.4) is 0 Å². The van der Waals surface area contributed by atoms with Gasteiger partial charge in [0, 0.05) is 11.1 Å². The van der Waals surface area contributed by atoms with E-state index in [4.69, 9.17) is 14.2 Å². The minimum absolute atomic E-state index is 0.134. The van der Waals surface area contributed by atoms with Crippen molar-refractivity contribution < 1.29 is 23.8 Å². The maximum atomic E-state index is 12.1. The fourth-order valence-electron chi connectivity index (χ4n) is 2.31. The van der Waals surface area contributed by atoms with Crippen molar-refractivity contribution in [3.8, 4) is 11.5 Å². The summed E-state index contributed by atoms with van der Waals surface area (Å²) in [6.07, 6.45) is 0.143. The number of benzene rings is 2. The third kappa shape index (κ3) is 4.31. The first kappa shape index (κ1) is 17.8. The van der Waals surface area contributed by atoms with Gasteiger partial charge in [-0.3, -0.25) is 20.4 Å². The van der Waals surface area contributed by atoms with Crippen molar-refractivity contribution in [1.29, 1.82) is 0 Å². The summed E-state index contributed by atoms with van der Waals surface area (Å²) in [5, 5.41) is 0. The van der Waals surface area contributed by atoms with Gasteiger partial charge in [-0.1, -0.05) is 12.1 Å². The van der Waals surface area contributed by atoms with Gasteiger partial charge in [-0.05, 0) is 49.7 Å². The molecular formula is C19H20N2O5. The molecule has 0 fully saturated rings. The molecule has 2 amide bonds. The molecule has 0 unspecified atom stereocenters. The van der Waals surface area contributed by atoms with E-state index in [2.05, 4.69) is 10.9 Å². The second kappa shape index (κ2) is 7.88. The Balaban J connectivity index is 1.54. The van der Waals surface area contributed by atoms with Crippen molar-refractivity contribution >= 4 is 11.8 Å². The van der Waals surface area contributed by atoms with Crippen LogP contribution in [0.5, 0.6) is 11.5 Å². The Morgan fingerprint density at radius 3 is 2.27 bits per heavy atom. The average molecular weight is 356 g/mol. The van der Waals surface area contributed by atoms with Crippen LogP contribution in [-0.4, -0.2) is 24.7 Å². The number of carbonyl (C=O) groups is 2. The van der Waals surface area contributed by atoms with Crippen LogP contribution in [0.2, 0.25) is 0 Å². The van der Waals surface area contributed by atoms with Crippen molar-refractivity contribution in [3.63, 3.8) is 0 Å². The standard InChI is InChI=1S/C19H20N2O5/c1-12(2)24-10-13-3-5-14(6-4-13)18(22)20-21-19(23)15-7-8-16-17(9-15)26-11-25-16/h3-9,12H,10-11H2,1-2H3,(H,20,22)(H,21,23). The minimum atomic E-state index is -0.446. The molecule has 0 saturated carbocycles. The highest BCUT2D eigenvalue weighted by molar-refractivity contribution is 5.99. The fraction of sp³-hybridized carbons (Fsp3) is 0.263. The Morgan fingerprint density at radius 1 is 0.962 bits per heavy atom. The molecule has 1 heterocycles. The topological polar surface area (TPSA) is 85.9 Å². The van der Waals surface area contributed by atoms with E-state index in [1.165, 1.54) is 0 Å². The van der Waals surface area contributed by atoms with Gasteiger partial charge in [0.1, 0.15) is 0 Å². The van der Waals surface area contributed by atoms with Gasteiger partial charge in [-0.2, -0.15) is 0 Å². The van der Waals surface area contributed by atoms with E-state index < -0.39 is 11.8 Å². The maximum Gasteiger partial charge on any atom is 0.269 e. The van der Waals surface area contributed by atoms with E-state index in [-0.39, 0.29) is 12.9 Å². The first-order chi connectivity index (χ1) is 12.5. The molecule has 7 nitrogen and oxygen atoms in total. The molecule has 1 aliphatic heterocycles. The van der Waals surface area contributed by atoms with Crippen molar-refractivity contribution in [2.75, 3.05) is 6.79 Å². The molecule has 0 atom stereocenters. The summed E-state index contributed by atoms with van der Waals surface area (Å²) in [6.45, 7) is 4.55. The fourth-order valence-corrected chi connectivity index (χ4v) is 2.31. The largest absolute Gasteiger partial charge is 0.454 e. The maximum absolute atomic E-state index is 12.1. The molecule has 26 heavy (non-hydrogen) atoms. The predicted octanol–water partition coefficient (Wildman–Crippen LogP) is 2.42. The van der Waals surface area contributed by atoms with Gasteiger partial charge < -0.3 is 14.2 Å². The van der Waals surface area contributed by atoms with Gasteiger partial charge in [0.25, 0.3) is 11.8 Å². The Bertz CT molecular complexity index is 802. The highest BCUT2D eigenvalue weighted by Gasteiger charge is 2.16. The van der Waals surface area contributed by atoms with Crippen molar-refractivity contribution in [2.45, 2.75) is 26.6 Å². The van der Waals surface area contributed by atoms with Gasteiger partial charge in [0.2, 0.25) is 6.79 Å². The molecule has 2 aromatic rings. The number of hydrazine groups is 1. The number of nitrogens with one attached hydrogen (secondary N) is 2. The molecule has 0 aromatic heterocycles. The lowest BCUT2D eigenvalue weighted by molar-refractivity contribution is 0.0656. The number of ether oxygens (including phenoxy) is 3. The lowest BCUT2D eigenvalue weighted by atomic mass is 10.1. The third-order valence-electron chi connectivity index (χ3n) is 3.72. The zero-order valence-corrected chi connectivity index (χ0v) is 14.6. The normalized spacial score (nSPS) is 12.1. The molecule has 0 radical (unpaired) electrons. The summed E-state index contributed by atoms with van der Waals surface area (Å²) in [4.78, 5) is 24.3. The van der Waals surface area contributed by atoms with Gasteiger partial charge >= 0.3 is 0 Å². The SMILES string of the molecule is CC(C)OCc1ccc(C(=O)NNC(=O)c2ccc3c(c2)OCO3)cc1. The van der Waals surface area contributed by atoms with Crippen LogP contribution in [0.15, 0.2) is 42.5 Å². The smallest absolute Gasteiger partial charge is 0.269 e. The Hall–Kier alpha value is -3.06. The van der Waals surface area contributed by atoms with Gasteiger partial charge in [0.15, 0.2) is 11.5 Å². The summed E-state index contributed by atoms with van der Waals surface area (Å²) < 4.78 is 15.9. The van der Waals surface area contributed by atoms with E-state index >= 15 is 0 Å². The Morgan fingerprint density at radius 2 is 1.58 bits per heavy atom. The molecule has 7 heteroatoms. The first-order valence-corrected chi connectivity index (χ1v) is 8.24. The highest BCUT2D eigenvalue weighted by Crippen LogP contribution is 2.32. The molecule has 136 valence electrons. The van der Waals surface area contributed by atoms with Gasteiger partial charge in [-0.25, -0.2) is 0 Å². The summed E-state index contributed by atoms with van der Waals surface area (Å²) in [7, 11) is 0. The van der Waals surface area contributed by atoms with Crippen LogP contribution >= 0.6 is 0 Å². The van der Waals surface area contributed by atoms with Crippen molar-refractivity contribution in [1.82, 2.24) is 10.9 Å². The molecular weight excluding hydrogens is 336 g/mol. The molecule has 2 aromatic carbocycles. The third-order valence-corrected chi connectivity index (χ3v) is 3.72. The second-order valence-electron chi connectivity index (χ2n) is 6.03. The number of rotatable bonds is 5. The van der Waals surface area contributed by atoms with E-state index in [1.807, 2.05) is 26.0 Å². The summed E-state index contributed by atoms with van der Waals surface area (Å²) in [5.41, 5.74) is 6.54. The molecule has 0 aliphatic carbocycles. The van der Waals surface area contributed by atoms with Crippen LogP contribution in [0.25, 0.3) is 0 Å². The summed E-state index contributed by atoms with van der Waals surface area (Å²) in [6, 6.07) is 11.8. The molecule has 0 saturated heterocycles. The molecule has 0 bridgehead atoms. The quantitative estimate of drug-likeness (QED) is 0.804. The zero-order chi connectivity index (χ0) is 18.5. The molecule has 0 spiro atoms. The number of amides is 2. The average Bonchev–Trinajstić information content (AvgIpc) is 3.12. The van der Waals surface area contributed by atoms with Gasteiger partial charge in [-0.15, -0.1) is 0 Å². The van der Waals surface area contributed by atoms with E-state index in [1.54, 1.807) is 30.3 Å². The van der Waals surface area contributed by atoms with Crippen LogP contribution in [0.1, 0.15) is 40.1 Å². The number of fused-ring (bicyclic) bond motifs is 1. The number of hydrogen-bond donors (Lipinski definition) is 2. The first-order valence-electron chi connectivity index (χ1n) is 8.24. The monoisotopic (exact) mass is 356 g/mol. The predicted molar refractivity (Wildman–Crippen MR) is 93.9 cm³/mol. The zero-order valence-electron chi connectivity index (χ0n) is 14.6. The van der Waals surface area contributed by atoms with Crippen molar-refractivity contribution in [3.05, 3.63) is 59.2 Å². The minimum Gasteiger partial charge on any atom is -0.454 e. The Labute approximate surface area is 151 Å². The van der Waals surface area contributed by atoms with Crippen LogP contribution in [0, 0.1) is 0 Å². The Kier molecular flexibility index (Phi) is 5.38. The van der Waals surface area contributed by atoms with Gasteiger partial charge in [0.05, 0.1) is 12.7 Å². The van der Waals surface area contributed by atoms with E-state index in [9.17, 15) is 9.59 Å². The van der Waals surface area contributed by atoms with E-state index in [0.29, 0.717) is 29.2 Å². The van der Waals surface area contributed by atoms with Crippen LogP contribution in [0.4, 0.5) is 0 Å². The van der Waals surface area contributed by atoms with Crippen LogP contribution < -0.4 is 20.3 Å². The summed E-state index contributed by atoms with van der Waals surface area (Å²) >= 11 is 0. The highest BCUT2D eigenvalue weighted by atomic mass is 16.7.